The van der Waals surface area contributed by atoms with Crippen molar-refractivity contribution in [3.05, 3.63) is 60.2 Å². The summed E-state index contributed by atoms with van der Waals surface area (Å²) in [4.78, 5) is 2.52. The van der Waals surface area contributed by atoms with Gasteiger partial charge in [-0.1, -0.05) is 30.3 Å². The van der Waals surface area contributed by atoms with Crippen molar-refractivity contribution < 1.29 is 18.6 Å². The number of phenolic OH excluding ortho intramolecular Hbond substituents is 1. The van der Waals surface area contributed by atoms with E-state index in [1.54, 1.807) is 48.5 Å². The molecule has 2 aromatic carbocycles. The molecule has 3 rings (SSSR count). The van der Waals surface area contributed by atoms with E-state index in [2.05, 4.69) is 4.90 Å². The molecule has 0 saturated carbocycles. The minimum Gasteiger partial charge on any atom is -0.508 e. The highest BCUT2D eigenvalue weighted by molar-refractivity contribution is 7.92. The van der Waals surface area contributed by atoms with Crippen LogP contribution in [0.2, 0.25) is 0 Å². The van der Waals surface area contributed by atoms with Crippen LogP contribution < -0.4 is 0 Å². The average Bonchev–Trinajstić information content (AvgIpc) is 2.68. The normalized spacial score (nSPS) is 19.2. The van der Waals surface area contributed by atoms with Gasteiger partial charge in [0.1, 0.15) is 5.75 Å². The van der Waals surface area contributed by atoms with E-state index in [9.17, 15) is 18.6 Å². The minimum absolute atomic E-state index is 0.125. The monoisotopic (exact) mass is 375 g/mol. The second-order valence-electron chi connectivity index (χ2n) is 6.87. The van der Waals surface area contributed by atoms with E-state index in [-0.39, 0.29) is 17.0 Å². The number of hydrogen-bond donors (Lipinski definition) is 2. The maximum atomic E-state index is 12.8. The molecule has 1 aliphatic heterocycles. The molecule has 0 bridgehead atoms. The minimum atomic E-state index is -3.31. The molecule has 0 aromatic heterocycles. The van der Waals surface area contributed by atoms with Crippen LogP contribution in [0.4, 0.5) is 0 Å². The summed E-state index contributed by atoms with van der Waals surface area (Å²) in [7, 11) is -3.31. The fourth-order valence-electron chi connectivity index (χ4n) is 3.55. The Morgan fingerprint density at radius 1 is 1.00 bits per heavy atom. The van der Waals surface area contributed by atoms with Crippen LogP contribution in [0.5, 0.6) is 5.75 Å². The molecule has 2 atom stereocenters. The van der Waals surface area contributed by atoms with Crippen molar-refractivity contribution in [3.8, 4) is 5.75 Å². The third kappa shape index (κ3) is 3.92. The quantitative estimate of drug-likeness (QED) is 0.840. The molecule has 0 aliphatic carbocycles. The van der Waals surface area contributed by atoms with Crippen molar-refractivity contribution in [2.45, 2.75) is 42.1 Å². The van der Waals surface area contributed by atoms with Crippen LogP contribution in [0.15, 0.2) is 59.5 Å². The number of hydrogen-bond acceptors (Lipinski definition) is 5. The zero-order valence-electron chi connectivity index (χ0n) is 14.8. The molecule has 0 radical (unpaired) electrons. The van der Waals surface area contributed by atoms with E-state index in [1.165, 1.54) is 0 Å². The number of aliphatic hydroxyl groups excluding tert-OH is 1. The molecule has 140 valence electrons. The summed E-state index contributed by atoms with van der Waals surface area (Å²) in [6.45, 7) is 3.21. The van der Waals surface area contributed by atoms with Crippen molar-refractivity contribution in [3.63, 3.8) is 0 Å². The summed E-state index contributed by atoms with van der Waals surface area (Å²) < 4.78 is 25.5. The highest BCUT2D eigenvalue weighted by Crippen LogP contribution is 2.29. The summed E-state index contributed by atoms with van der Waals surface area (Å²) in [5.41, 5.74) is 0.745. The van der Waals surface area contributed by atoms with Gasteiger partial charge in [-0.05, 0) is 62.7 Å². The summed E-state index contributed by atoms with van der Waals surface area (Å²) in [6.07, 6.45) is 0.436. The highest BCUT2D eigenvalue weighted by atomic mass is 32.2. The first-order chi connectivity index (χ1) is 12.4. The molecule has 6 heteroatoms. The van der Waals surface area contributed by atoms with Gasteiger partial charge in [-0.2, -0.15) is 0 Å². The Labute approximate surface area is 154 Å². The second-order valence-corrected chi connectivity index (χ2v) is 9.10. The lowest BCUT2D eigenvalue weighted by Crippen LogP contribution is -2.45. The number of sulfone groups is 1. The first kappa shape index (κ1) is 18.9. The van der Waals surface area contributed by atoms with E-state index in [4.69, 9.17) is 0 Å². The van der Waals surface area contributed by atoms with Gasteiger partial charge in [0.15, 0.2) is 9.84 Å². The Morgan fingerprint density at radius 2 is 1.58 bits per heavy atom. The van der Waals surface area contributed by atoms with Gasteiger partial charge in [0.2, 0.25) is 0 Å². The third-order valence-corrected chi connectivity index (χ3v) is 7.53. The first-order valence-electron chi connectivity index (χ1n) is 8.89. The molecule has 1 saturated heterocycles. The van der Waals surface area contributed by atoms with E-state index in [0.29, 0.717) is 30.8 Å². The summed E-state index contributed by atoms with van der Waals surface area (Å²) in [6, 6.07) is 15.0. The molecule has 2 N–H and O–H groups in total. The summed E-state index contributed by atoms with van der Waals surface area (Å²) >= 11 is 0. The van der Waals surface area contributed by atoms with Crippen LogP contribution in [0.3, 0.4) is 0 Å². The molecule has 0 amide bonds. The number of benzene rings is 2. The van der Waals surface area contributed by atoms with Crippen LogP contribution in [0.25, 0.3) is 0 Å². The fourth-order valence-corrected chi connectivity index (χ4v) is 5.30. The predicted octanol–water partition coefficient (Wildman–Crippen LogP) is 2.75. The summed E-state index contributed by atoms with van der Waals surface area (Å²) in [5.74, 6) is 0.167. The molecular weight excluding hydrogens is 350 g/mol. The van der Waals surface area contributed by atoms with Crippen molar-refractivity contribution >= 4 is 9.84 Å². The van der Waals surface area contributed by atoms with Crippen LogP contribution in [0, 0.1) is 0 Å². The van der Waals surface area contributed by atoms with Gasteiger partial charge in [-0.3, -0.25) is 4.90 Å². The zero-order valence-corrected chi connectivity index (χ0v) is 15.6. The third-order valence-electron chi connectivity index (χ3n) is 5.25. The van der Waals surface area contributed by atoms with E-state index < -0.39 is 15.9 Å². The number of piperidine rings is 1. The van der Waals surface area contributed by atoms with Gasteiger partial charge < -0.3 is 10.2 Å². The Bertz CT molecular complexity index is 813. The number of phenols is 1. The number of rotatable bonds is 5. The topological polar surface area (TPSA) is 77.8 Å². The molecule has 1 heterocycles. The molecule has 1 fully saturated rings. The van der Waals surface area contributed by atoms with Crippen molar-refractivity contribution in [1.29, 1.82) is 0 Å². The van der Waals surface area contributed by atoms with Crippen molar-refractivity contribution in [2.75, 3.05) is 13.1 Å². The van der Waals surface area contributed by atoms with Crippen LogP contribution >= 0.6 is 0 Å². The maximum absolute atomic E-state index is 12.8. The zero-order chi connectivity index (χ0) is 18.7. The van der Waals surface area contributed by atoms with E-state index in [0.717, 1.165) is 5.56 Å². The smallest absolute Gasteiger partial charge is 0.181 e. The standard InChI is InChI=1S/C20H25NO4S/c1-15(20(23)16-7-9-17(22)10-8-16)21-13-11-19(12-14-21)26(24,25)18-5-3-2-4-6-18/h2-10,15,19-20,22-23H,11-14H2,1H3/t15-,20+/m0/s1. The van der Waals surface area contributed by atoms with E-state index in [1.807, 2.05) is 13.0 Å². The molecule has 5 nitrogen and oxygen atoms in total. The molecule has 0 unspecified atom stereocenters. The van der Waals surface area contributed by atoms with Gasteiger partial charge in [-0.15, -0.1) is 0 Å². The highest BCUT2D eigenvalue weighted by Gasteiger charge is 2.34. The van der Waals surface area contributed by atoms with Crippen LogP contribution in [-0.4, -0.2) is 47.9 Å². The fraction of sp³-hybridized carbons (Fsp3) is 0.400. The van der Waals surface area contributed by atoms with E-state index >= 15 is 0 Å². The lowest BCUT2D eigenvalue weighted by atomic mass is 9.99. The van der Waals surface area contributed by atoms with Gasteiger partial charge in [0, 0.05) is 6.04 Å². The molecule has 0 spiro atoms. The average molecular weight is 375 g/mol. The Kier molecular flexibility index (Phi) is 5.65. The predicted molar refractivity (Wildman–Crippen MR) is 101 cm³/mol. The SMILES string of the molecule is C[C@@H]([C@@H](O)c1ccc(O)cc1)N1CCC(S(=O)(=O)c2ccccc2)CC1. The number of aliphatic hydroxyl groups is 1. The molecule has 2 aromatic rings. The number of nitrogens with zero attached hydrogens (tertiary/aromatic N) is 1. The van der Waals surface area contributed by atoms with Gasteiger partial charge in [0.25, 0.3) is 0 Å². The Morgan fingerprint density at radius 3 is 2.15 bits per heavy atom. The molecular formula is C20H25NO4S. The Balaban J connectivity index is 1.63. The Hall–Kier alpha value is -1.89. The largest absolute Gasteiger partial charge is 0.508 e. The van der Waals surface area contributed by atoms with Gasteiger partial charge >= 0.3 is 0 Å². The molecule has 26 heavy (non-hydrogen) atoms. The maximum Gasteiger partial charge on any atom is 0.181 e. The summed E-state index contributed by atoms with van der Waals surface area (Å²) in [5, 5.41) is 19.6. The van der Waals surface area contributed by atoms with Gasteiger partial charge in [-0.25, -0.2) is 8.42 Å². The van der Waals surface area contributed by atoms with Crippen molar-refractivity contribution in [1.82, 2.24) is 4.90 Å². The number of aromatic hydroxyl groups is 1. The number of likely N-dealkylation sites (tertiary alicyclic amines) is 1. The lowest BCUT2D eigenvalue weighted by Gasteiger charge is -2.37. The van der Waals surface area contributed by atoms with Crippen LogP contribution in [0.1, 0.15) is 31.4 Å². The second kappa shape index (κ2) is 7.78. The molecule has 1 aliphatic rings. The van der Waals surface area contributed by atoms with Gasteiger partial charge in [0.05, 0.1) is 16.2 Å². The van der Waals surface area contributed by atoms with Crippen molar-refractivity contribution in [2.24, 2.45) is 0 Å². The lowest BCUT2D eigenvalue weighted by molar-refractivity contribution is 0.0476. The van der Waals surface area contributed by atoms with Crippen LogP contribution in [-0.2, 0) is 9.84 Å². The first-order valence-corrected chi connectivity index (χ1v) is 10.4.